The highest BCUT2D eigenvalue weighted by molar-refractivity contribution is 5.72. The van der Waals surface area contributed by atoms with E-state index in [0.29, 0.717) is 0 Å². The lowest BCUT2D eigenvalue weighted by atomic mass is 10.1. The predicted octanol–water partition coefficient (Wildman–Crippen LogP) is 1.90. The van der Waals surface area contributed by atoms with Crippen molar-refractivity contribution >= 4 is 12.1 Å². The summed E-state index contributed by atoms with van der Waals surface area (Å²) in [6, 6.07) is 0. The molecule has 0 aliphatic rings. The minimum absolute atomic E-state index is 0.183. The van der Waals surface area contributed by atoms with E-state index >= 15 is 0 Å². The van der Waals surface area contributed by atoms with E-state index in [1.165, 1.54) is 6.92 Å². The van der Waals surface area contributed by atoms with Gasteiger partial charge in [-0.2, -0.15) is 5.06 Å². The molecule has 1 unspecified atom stereocenters. The van der Waals surface area contributed by atoms with Crippen LogP contribution in [0.15, 0.2) is 0 Å². The highest BCUT2D eigenvalue weighted by Gasteiger charge is 2.23. The van der Waals surface area contributed by atoms with E-state index in [0.717, 1.165) is 11.5 Å². The fourth-order valence-corrected chi connectivity index (χ4v) is 1.19. The number of aliphatic hydroxyl groups excluding tert-OH is 1. The van der Waals surface area contributed by atoms with Crippen molar-refractivity contribution in [2.75, 3.05) is 13.3 Å². The van der Waals surface area contributed by atoms with E-state index < -0.39 is 25.1 Å². The summed E-state index contributed by atoms with van der Waals surface area (Å²) in [6.45, 7) is 8.36. The minimum Gasteiger partial charge on any atom is -0.425 e. The maximum atomic E-state index is 11.8. The van der Waals surface area contributed by atoms with Crippen LogP contribution in [-0.2, 0) is 19.1 Å². The van der Waals surface area contributed by atoms with Gasteiger partial charge in [-0.05, 0) is 5.92 Å². The third kappa shape index (κ3) is 7.30. The van der Waals surface area contributed by atoms with Gasteiger partial charge in [-0.15, -0.1) is 0 Å². The van der Waals surface area contributed by atoms with Crippen molar-refractivity contribution in [1.29, 1.82) is 0 Å². The number of nitrogens with zero attached hydrogens (tertiary/aromatic N) is 1. The zero-order valence-electron chi connectivity index (χ0n) is 12.8. The Morgan fingerprint density at radius 3 is 2.20 bits per heavy atom. The van der Waals surface area contributed by atoms with Gasteiger partial charge in [0.25, 0.3) is 0 Å². The van der Waals surface area contributed by atoms with Crippen LogP contribution in [0, 0.1) is 11.8 Å². The summed E-state index contributed by atoms with van der Waals surface area (Å²) in [5.41, 5.74) is 0. The molecule has 0 bridgehead atoms. The fourth-order valence-electron chi connectivity index (χ4n) is 1.19. The number of carbonyl (C=O) groups is 2. The van der Waals surface area contributed by atoms with Gasteiger partial charge in [0.1, 0.15) is 0 Å². The molecular formula is C13H25NO6. The molecule has 0 aromatic carbocycles. The molecule has 0 aliphatic heterocycles. The minimum atomic E-state index is -1.01. The summed E-state index contributed by atoms with van der Waals surface area (Å²) >= 11 is 0. The molecule has 0 saturated carbocycles. The fraction of sp³-hybridized carbons (Fsp3) is 0.846. The van der Waals surface area contributed by atoms with Crippen LogP contribution < -0.4 is 0 Å². The number of hydrogen-bond donors (Lipinski definition) is 1. The Hall–Kier alpha value is -1.34. The number of aliphatic hydroxyl groups is 1. The Labute approximate surface area is 119 Å². The molecule has 0 aromatic heterocycles. The van der Waals surface area contributed by atoms with Crippen molar-refractivity contribution in [1.82, 2.24) is 5.06 Å². The molecule has 0 radical (unpaired) electrons. The van der Waals surface area contributed by atoms with Gasteiger partial charge in [-0.25, -0.2) is 9.63 Å². The topological polar surface area (TPSA) is 85.3 Å². The molecular weight excluding hydrogens is 266 g/mol. The maximum absolute atomic E-state index is 11.8. The van der Waals surface area contributed by atoms with Crippen LogP contribution in [0.4, 0.5) is 4.79 Å². The van der Waals surface area contributed by atoms with Crippen LogP contribution in [-0.4, -0.2) is 41.9 Å². The molecule has 0 rings (SSSR count). The Kier molecular flexibility index (Phi) is 8.91. The van der Waals surface area contributed by atoms with Crippen molar-refractivity contribution in [3.8, 4) is 0 Å². The zero-order chi connectivity index (χ0) is 15.7. The van der Waals surface area contributed by atoms with Crippen molar-refractivity contribution in [3.05, 3.63) is 0 Å². The first-order valence-corrected chi connectivity index (χ1v) is 6.74. The molecule has 0 aromatic rings. The summed E-state index contributed by atoms with van der Waals surface area (Å²) < 4.78 is 9.85. The first-order chi connectivity index (χ1) is 9.31. The molecule has 2 atom stereocenters. The Balaban J connectivity index is 4.40. The lowest BCUT2D eigenvalue weighted by Crippen LogP contribution is -2.38. The summed E-state index contributed by atoms with van der Waals surface area (Å²) in [5.74, 6) is -0.578. The molecule has 1 amide bonds. The number of rotatable bonds is 8. The van der Waals surface area contributed by atoms with E-state index in [4.69, 9.17) is 19.4 Å². The zero-order valence-corrected chi connectivity index (χ0v) is 12.8. The predicted molar refractivity (Wildman–Crippen MR) is 71.2 cm³/mol. The Bertz CT molecular complexity index is 307. The molecule has 1 N–H and O–H groups in total. The SMILES string of the molecule is CCC(C)CN(OCO)C(=O)O[C@H](C)OC(=O)C(C)C. The number of carbonyl (C=O) groups excluding carboxylic acids is 2. The quantitative estimate of drug-likeness (QED) is 0.417. The molecule has 0 spiro atoms. The monoisotopic (exact) mass is 291 g/mol. The lowest BCUT2D eigenvalue weighted by molar-refractivity contribution is -0.209. The maximum Gasteiger partial charge on any atom is 0.437 e. The van der Waals surface area contributed by atoms with Gasteiger partial charge in [-0.3, -0.25) is 4.79 Å². The van der Waals surface area contributed by atoms with Gasteiger partial charge in [0, 0.05) is 6.92 Å². The van der Waals surface area contributed by atoms with Crippen molar-refractivity contribution < 1.29 is 29.0 Å². The van der Waals surface area contributed by atoms with Crippen molar-refractivity contribution in [2.24, 2.45) is 11.8 Å². The normalized spacial score (nSPS) is 13.8. The van der Waals surface area contributed by atoms with E-state index in [1.54, 1.807) is 13.8 Å². The second-order valence-corrected chi connectivity index (χ2v) is 4.88. The van der Waals surface area contributed by atoms with Gasteiger partial charge >= 0.3 is 12.1 Å². The van der Waals surface area contributed by atoms with Crippen molar-refractivity contribution in [3.63, 3.8) is 0 Å². The highest BCUT2D eigenvalue weighted by atomic mass is 16.8. The summed E-state index contributed by atoms with van der Waals surface area (Å²) in [7, 11) is 0. The molecule has 7 heteroatoms. The number of ether oxygens (including phenoxy) is 2. The van der Waals surface area contributed by atoms with Crippen LogP contribution in [0.2, 0.25) is 0 Å². The average Bonchev–Trinajstić information content (AvgIpc) is 2.37. The molecule has 0 saturated heterocycles. The molecule has 0 heterocycles. The Morgan fingerprint density at radius 1 is 1.15 bits per heavy atom. The van der Waals surface area contributed by atoms with Gasteiger partial charge in [0.2, 0.25) is 6.29 Å². The van der Waals surface area contributed by atoms with Gasteiger partial charge < -0.3 is 14.6 Å². The van der Waals surface area contributed by atoms with E-state index in [9.17, 15) is 9.59 Å². The number of esters is 1. The second-order valence-electron chi connectivity index (χ2n) is 4.88. The van der Waals surface area contributed by atoms with Crippen LogP contribution in [0.1, 0.15) is 41.0 Å². The second kappa shape index (κ2) is 9.55. The third-order valence-corrected chi connectivity index (χ3v) is 2.61. The molecule has 20 heavy (non-hydrogen) atoms. The van der Waals surface area contributed by atoms with Gasteiger partial charge in [0.05, 0.1) is 12.5 Å². The number of hydroxylamine groups is 2. The van der Waals surface area contributed by atoms with Crippen LogP contribution in [0.25, 0.3) is 0 Å². The van der Waals surface area contributed by atoms with Crippen molar-refractivity contribution in [2.45, 2.75) is 47.3 Å². The molecule has 0 aliphatic carbocycles. The summed E-state index contributed by atoms with van der Waals surface area (Å²) in [5, 5.41) is 9.69. The average molecular weight is 291 g/mol. The Morgan fingerprint density at radius 2 is 1.75 bits per heavy atom. The van der Waals surface area contributed by atoms with Gasteiger partial charge in [0.15, 0.2) is 6.79 Å². The first-order valence-electron chi connectivity index (χ1n) is 6.74. The number of amides is 1. The van der Waals surface area contributed by atoms with Gasteiger partial charge in [-0.1, -0.05) is 34.1 Å². The highest BCUT2D eigenvalue weighted by Crippen LogP contribution is 2.09. The molecule has 0 fully saturated rings. The van der Waals surface area contributed by atoms with E-state index in [1.807, 2.05) is 13.8 Å². The lowest BCUT2D eigenvalue weighted by Gasteiger charge is -2.24. The first kappa shape index (κ1) is 18.7. The largest absolute Gasteiger partial charge is 0.437 e. The summed E-state index contributed by atoms with van der Waals surface area (Å²) in [4.78, 5) is 28.0. The molecule has 118 valence electrons. The van der Waals surface area contributed by atoms with Crippen LogP contribution >= 0.6 is 0 Å². The standard InChI is InChI=1S/C13H25NO6/c1-6-10(4)7-14(18-8-15)13(17)20-11(5)19-12(16)9(2)3/h9-11,15H,6-8H2,1-5H3/t10?,11-/m1/s1. The van der Waals surface area contributed by atoms with E-state index in [-0.39, 0.29) is 18.4 Å². The summed E-state index contributed by atoms with van der Waals surface area (Å²) in [6.07, 6.45) is -0.973. The smallest absolute Gasteiger partial charge is 0.425 e. The van der Waals surface area contributed by atoms with E-state index in [2.05, 4.69) is 0 Å². The van der Waals surface area contributed by atoms with Crippen LogP contribution in [0.3, 0.4) is 0 Å². The van der Waals surface area contributed by atoms with Crippen LogP contribution in [0.5, 0.6) is 0 Å². The third-order valence-electron chi connectivity index (χ3n) is 2.61. The number of hydrogen-bond acceptors (Lipinski definition) is 6. The molecule has 7 nitrogen and oxygen atoms in total.